The first-order chi connectivity index (χ1) is 9.86. The van der Waals surface area contributed by atoms with Crippen LogP contribution in [0.5, 0.6) is 5.75 Å². The van der Waals surface area contributed by atoms with E-state index in [1.165, 1.54) is 0 Å². The highest BCUT2D eigenvalue weighted by atomic mass is 16.5. The lowest BCUT2D eigenvalue weighted by Crippen LogP contribution is -2.53. The molecule has 0 spiro atoms. The molecule has 0 saturated carbocycles. The Labute approximate surface area is 119 Å². The van der Waals surface area contributed by atoms with Gasteiger partial charge in [-0.25, -0.2) is 4.90 Å². The number of ether oxygens (including phenoxy) is 1. The molecule has 2 aliphatic rings. The van der Waals surface area contributed by atoms with Crippen LogP contribution in [0.25, 0.3) is 0 Å². The zero-order chi connectivity index (χ0) is 13.8. The van der Waals surface area contributed by atoms with Gasteiger partial charge in [0, 0.05) is 32.6 Å². The van der Waals surface area contributed by atoms with Crippen molar-refractivity contribution in [3.05, 3.63) is 24.3 Å². The first-order valence-electron chi connectivity index (χ1n) is 7.20. The molecule has 2 aliphatic heterocycles. The zero-order valence-corrected chi connectivity index (χ0v) is 11.5. The van der Waals surface area contributed by atoms with Crippen molar-refractivity contribution in [2.75, 3.05) is 38.0 Å². The van der Waals surface area contributed by atoms with Gasteiger partial charge in [0.05, 0.1) is 5.69 Å². The minimum atomic E-state index is -0.0436. The number of benzene rings is 1. The van der Waals surface area contributed by atoms with Crippen molar-refractivity contribution < 1.29 is 9.53 Å². The predicted octanol–water partition coefficient (Wildman–Crippen LogP) is 1.28. The number of fused-ring (bicyclic) bond motifs is 1. The molecular weight excluding hydrogens is 254 g/mol. The van der Waals surface area contributed by atoms with Crippen molar-refractivity contribution in [2.24, 2.45) is 0 Å². The van der Waals surface area contributed by atoms with E-state index in [4.69, 9.17) is 4.74 Å². The Balaban J connectivity index is 1.47. The number of anilines is 1. The first-order valence-corrected chi connectivity index (χ1v) is 7.20. The molecular formula is C15H20N3O2. The number of nitrogens with zero attached hydrogens (tertiary/aromatic N) is 2. The fourth-order valence-electron chi connectivity index (χ4n) is 2.73. The fraction of sp³-hybridized carbons (Fsp3) is 0.533. The van der Waals surface area contributed by atoms with Crippen molar-refractivity contribution >= 4 is 12.0 Å². The highest BCUT2D eigenvalue weighted by Crippen LogP contribution is 2.32. The second-order valence-corrected chi connectivity index (χ2v) is 5.24. The third-order valence-electron chi connectivity index (χ3n) is 3.90. The van der Waals surface area contributed by atoms with E-state index >= 15 is 0 Å². The van der Waals surface area contributed by atoms with E-state index in [1.54, 1.807) is 0 Å². The summed E-state index contributed by atoms with van der Waals surface area (Å²) < 4.78 is 5.93. The van der Waals surface area contributed by atoms with E-state index in [2.05, 4.69) is 15.1 Å². The first kappa shape index (κ1) is 13.4. The molecule has 2 heterocycles. The van der Waals surface area contributed by atoms with Crippen LogP contribution in [0.4, 0.5) is 5.69 Å². The minimum Gasteiger partial charge on any atom is -0.455 e. The highest BCUT2D eigenvalue weighted by molar-refractivity contribution is 5.59. The lowest BCUT2D eigenvalue weighted by atomic mass is 10.2. The largest absolute Gasteiger partial charge is 0.455 e. The molecule has 1 atom stereocenters. The Bertz CT molecular complexity index is 433. The molecule has 0 aromatic heterocycles. The van der Waals surface area contributed by atoms with Crippen molar-refractivity contribution in [1.82, 2.24) is 9.80 Å². The summed E-state index contributed by atoms with van der Waals surface area (Å²) in [6.07, 6.45) is 3.36. The third-order valence-corrected chi connectivity index (χ3v) is 3.90. The number of hydrogen-bond acceptors (Lipinski definition) is 5. The SMILES string of the molecule is O=[C]CCCN1CCN(C2Nc3ccccc3O2)CC1. The monoisotopic (exact) mass is 274 g/mol. The van der Waals surface area contributed by atoms with Crippen molar-refractivity contribution in [3.8, 4) is 5.75 Å². The molecule has 1 fully saturated rings. The van der Waals surface area contributed by atoms with Crippen LogP contribution in [0.2, 0.25) is 0 Å². The Morgan fingerprint density at radius 2 is 2.05 bits per heavy atom. The minimum absolute atomic E-state index is 0.0436. The maximum Gasteiger partial charge on any atom is 0.230 e. The Morgan fingerprint density at radius 3 is 2.80 bits per heavy atom. The summed E-state index contributed by atoms with van der Waals surface area (Å²) in [7, 11) is 0. The molecule has 20 heavy (non-hydrogen) atoms. The molecule has 0 aliphatic carbocycles. The number of nitrogens with one attached hydrogen (secondary N) is 1. The van der Waals surface area contributed by atoms with Gasteiger partial charge in [0.25, 0.3) is 0 Å². The van der Waals surface area contributed by atoms with Crippen molar-refractivity contribution in [3.63, 3.8) is 0 Å². The molecule has 1 aromatic rings. The van der Waals surface area contributed by atoms with Gasteiger partial charge in [-0.2, -0.15) is 0 Å². The summed E-state index contributed by atoms with van der Waals surface area (Å²) in [5, 5.41) is 3.41. The standard InChI is InChI=1S/C15H20N3O2/c19-12-4-3-7-17-8-10-18(11-9-17)15-16-13-5-1-2-6-14(13)20-15/h1-2,5-6,15-16H,3-4,7-11H2. The van der Waals surface area contributed by atoms with Gasteiger partial charge in [0.15, 0.2) is 6.29 Å². The van der Waals surface area contributed by atoms with Crippen LogP contribution in [-0.4, -0.2) is 55.2 Å². The molecule has 1 N–H and O–H groups in total. The van der Waals surface area contributed by atoms with Crippen LogP contribution >= 0.6 is 0 Å². The molecule has 0 amide bonds. The number of carbonyl (C=O) groups excluding carboxylic acids is 1. The fourth-order valence-corrected chi connectivity index (χ4v) is 2.73. The van der Waals surface area contributed by atoms with E-state index in [0.29, 0.717) is 6.42 Å². The van der Waals surface area contributed by atoms with Crippen LogP contribution in [0.3, 0.4) is 0 Å². The second-order valence-electron chi connectivity index (χ2n) is 5.24. The summed E-state index contributed by atoms with van der Waals surface area (Å²) in [4.78, 5) is 14.9. The van der Waals surface area contributed by atoms with Gasteiger partial charge in [-0.05, 0) is 25.1 Å². The summed E-state index contributed by atoms with van der Waals surface area (Å²) in [6, 6.07) is 8.04. The van der Waals surface area contributed by atoms with Crippen LogP contribution < -0.4 is 10.1 Å². The second kappa shape index (κ2) is 6.24. The maximum absolute atomic E-state index is 10.2. The smallest absolute Gasteiger partial charge is 0.230 e. The van der Waals surface area contributed by atoms with Gasteiger partial charge in [0.1, 0.15) is 5.75 Å². The van der Waals surface area contributed by atoms with E-state index in [-0.39, 0.29) is 6.35 Å². The van der Waals surface area contributed by atoms with Gasteiger partial charge < -0.3 is 15.0 Å². The number of para-hydroxylation sites is 2. The normalized spacial score (nSPS) is 22.9. The summed E-state index contributed by atoms with van der Waals surface area (Å²) in [5.74, 6) is 0.932. The Morgan fingerprint density at radius 1 is 1.25 bits per heavy atom. The summed E-state index contributed by atoms with van der Waals surface area (Å²) in [5.41, 5.74) is 1.07. The molecule has 5 nitrogen and oxygen atoms in total. The van der Waals surface area contributed by atoms with Crippen LogP contribution in [0, 0.1) is 0 Å². The van der Waals surface area contributed by atoms with Crippen molar-refractivity contribution in [2.45, 2.75) is 19.2 Å². The molecule has 1 aromatic carbocycles. The molecule has 5 heteroatoms. The molecule has 107 valence electrons. The summed E-state index contributed by atoms with van der Waals surface area (Å²) in [6.45, 7) is 5.00. The average Bonchev–Trinajstić information content (AvgIpc) is 2.92. The van der Waals surface area contributed by atoms with Crippen LogP contribution in [-0.2, 0) is 4.79 Å². The Hall–Kier alpha value is -1.59. The topological polar surface area (TPSA) is 44.8 Å². The van der Waals surface area contributed by atoms with Gasteiger partial charge in [-0.15, -0.1) is 0 Å². The predicted molar refractivity (Wildman–Crippen MR) is 77.4 cm³/mol. The molecule has 1 unspecified atom stereocenters. The van der Waals surface area contributed by atoms with Crippen LogP contribution in [0.15, 0.2) is 24.3 Å². The molecule has 1 saturated heterocycles. The lowest BCUT2D eigenvalue weighted by molar-refractivity contribution is 0.0185. The third kappa shape index (κ3) is 2.94. The highest BCUT2D eigenvalue weighted by Gasteiger charge is 2.29. The van der Waals surface area contributed by atoms with Crippen LogP contribution in [0.1, 0.15) is 12.8 Å². The quantitative estimate of drug-likeness (QED) is 0.820. The number of rotatable bonds is 5. The zero-order valence-electron chi connectivity index (χ0n) is 11.5. The van der Waals surface area contributed by atoms with E-state index < -0.39 is 0 Å². The van der Waals surface area contributed by atoms with E-state index in [0.717, 1.165) is 50.6 Å². The molecule has 3 rings (SSSR count). The average molecular weight is 274 g/mol. The maximum atomic E-state index is 10.2. The van der Waals surface area contributed by atoms with E-state index in [1.807, 2.05) is 30.6 Å². The lowest BCUT2D eigenvalue weighted by Gasteiger charge is -2.37. The number of unbranched alkanes of at least 4 members (excludes halogenated alkanes) is 1. The van der Waals surface area contributed by atoms with Gasteiger partial charge in [-0.3, -0.25) is 4.79 Å². The van der Waals surface area contributed by atoms with E-state index in [9.17, 15) is 4.79 Å². The molecule has 0 bridgehead atoms. The summed E-state index contributed by atoms with van der Waals surface area (Å²) >= 11 is 0. The molecule has 1 radical (unpaired) electrons. The van der Waals surface area contributed by atoms with Gasteiger partial charge in [-0.1, -0.05) is 12.1 Å². The number of hydrogen-bond donors (Lipinski definition) is 1. The van der Waals surface area contributed by atoms with Gasteiger partial charge >= 0.3 is 0 Å². The van der Waals surface area contributed by atoms with Gasteiger partial charge in [0.2, 0.25) is 6.35 Å². The van der Waals surface area contributed by atoms with Crippen molar-refractivity contribution in [1.29, 1.82) is 0 Å². The Kier molecular flexibility index (Phi) is 4.18. The number of piperazine rings is 1.